The molecule has 1 heterocycles. The van der Waals surface area contributed by atoms with Crippen LogP contribution in [-0.4, -0.2) is 11.7 Å². The number of hydrogen-bond donors (Lipinski definition) is 1. The zero-order valence-corrected chi connectivity index (χ0v) is 20.9. The van der Waals surface area contributed by atoms with Gasteiger partial charge < -0.3 is 14.5 Å². The summed E-state index contributed by atoms with van der Waals surface area (Å²) >= 11 is 0. The molecule has 1 fully saturated rings. The summed E-state index contributed by atoms with van der Waals surface area (Å²) in [6.07, 6.45) is 2.02. The van der Waals surface area contributed by atoms with Crippen LogP contribution >= 0.6 is 0 Å². The lowest BCUT2D eigenvalue weighted by molar-refractivity contribution is 0.0377. The fourth-order valence-corrected chi connectivity index (χ4v) is 4.72. The molecule has 0 bridgehead atoms. The van der Waals surface area contributed by atoms with E-state index in [4.69, 9.17) is 9.15 Å². The summed E-state index contributed by atoms with van der Waals surface area (Å²) in [5.74, 6) is -1.94. The number of carbonyl (C=O) groups excluding carboxylic acids is 1. The molecule has 0 radical (unpaired) electrons. The topological polar surface area (TPSA) is 68.5 Å². The maximum absolute atomic E-state index is 14.0. The third-order valence-electron chi connectivity index (χ3n) is 6.64. The van der Waals surface area contributed by atoms with Gasteiger partial charge in [0.25, 0.3) is 0 Å². The second kappa shape index (κ2) is 9.14. The monoisotopic (exact) mass is 503 g/mol. The third-order valence-corrected chi connectivity index (χ3v) is 6.64. The Morgan fingerprint density at radius 3 is 2.19 bits per heavy atom. The van der Waals surface area contributed by atoms with Gasteiger partial charge in [-0.25, -0.2) is 13.6 Å². The molecule has 0 unspecified atom stereocenters. The smallest absolute Gasteiger partial charge is 0.408 e. The van der Waals surface area contributed by atoms with Crippen LogP contribution in [0.5, 0.6) is 0 Å². The standard InChI is InChI=1S/C30H27F2NO4/c1-29(2,3)37-28(35)33-30(14-7-15-30)20-12-10-18(11-13-20)25-26(34)21-16-22(31)23(32)17-24(21)36-27(25)19-8-5-4-6-9-19/h4-6,8-13,16-17H,7,14-15H2,1-3H3,(H,33,35). The lowest BCUT2D eigenvalue weighted by Gasteiger charge is -2.43. The van der Waals surface area contributed by atoms with E-state index < -0.39 is 34.3 Å². The average molecular weight is 504 g/mol. The van der Waals surface area contributed by atoms with Crippen LogP contribution in [-0.2, 0) is 10.3 Å². The number of benzene rings is 3. The largest absolute Gasteiger partial charge is 0.455 e. The van der Waals surface area contributed by atoms with Crippen molar-refractivity contribution in [2.45, 2.75) is 51.2 Å². The number of rotatable bonds is 4. The number of fused-ring (bicyclic) bond motifs is 1. The van der Waals surface area contributed by atoms with Crippen LogP contribution in [0.4, 0.5) is 13.6 Å². The zero-order chi connectivity index (χ0) is 26.4. The number of hydrogen-bond acceptors (Lipinski definition) is 4. The van der Waals surface area contributed by atoms with Crippen molar-refractivity contribution in [3.05, 3.63) is 94.2 Å². The van der Waals surface area contributed by atoms with Gasteiger partial charge in [-0.15, -0.1) is 0 Å². The second-order valence-corrected chi connectivity index (χ2v) is 10.4. The first kappa shape index (κ1) is 24.7. The van der Waals surface area contributed by atoms with E-state index >= 15 is 0 Å². The van der Waals surface area contributed by atoms with Crippen molar-refractivity contribution in [3.63, 3.8) is 0 Å². The van der Waals surface area contributed by atoms with Crippen molar-refractivity contribution in [2.75, 3.05) is 0 Å². The van der Waals surface area contributed by atoms with Gasteiger partial charge in [0.2, 0.25) is 5.43 Å². The first-order valence-corrected chi connectivity index (χ1v) is 12.2. The molecule has 1 aromatic heterocycles. The first-order chi connectivity index (χ1) is 17.6. The molecule has 7 heteroatoms. The minimum Gasteiger partial charge on any atom is -0.455 e. The predicted molar refractivity (Wildman–Crippen MR) is 138 cm³/mol. The summed E-state index contributed by atoms with van der Waals surface area (Å²) in [4.78, 5) is 26.1. The van der Waals surface area contributed by atoms with Crippen molar-refractivity contribution in [1.29, 1.82) is 0 Å². The van der Waals surface area contributed by atoms with Gasteiger partial charge in [-0.2, -0.15) is 0 Å². The van der Waals surface area contributed by atoms with Crippen LogP contribution in [0.3, 0.4) is 0 Å². The van der Waals surface area contributed by atoms with Crippen molar-refractivity contribution in [2.24, 2.45) is 0 Å². The van der Waals surface area contributed by atoms with Crippen LogP contribution in [0.15, 0.2) is 75.9 Å². The van der Waals surface area contributed by atoms with Gasteiger partial charge in [0.1, 0.15) is 16.9 Å². The molecule has 1 saturated carbocycles. The molecule has 190 valence electrons. The van der Waals surface area contributed by atoms with E-state index in [1.165, 1.54) is 0 Å². The van der Waals surface area contributed by atoms with Gasteiger partial charge in [-0.05, 0) is 57.2 Å². The lowest BCUT2D eigenvalue weighted by Crippen LogP contribution is -2.52. The van der Waals surface area contributed by atoms with Gasteiger partial charge in [0, 0.05) is 11.6 Å². The SMILES string of the molecule is CC(C)(C)OC(=O)NC1(c2ccc(-c3c(-c4ccccc4)oc4cc(F)c(F)cc4c3=O)cc2)CCC1. The van der Waals surface area contributed by atoms with Crippen molar-refractivity contribution in [1.82, 2.24) is 5.32 Å². The van der Waals surface area contributed by atoms with E-state index in [9.17, 15) is 18.4 Å². The minimum atomic E-state index is -1.12. The molecule has 4 aromatic rings. The van der Waals surface area contributed by atoms with Crippen molar-refractivity contribution >= 4 is 17.1 Å². The lowest BCUT2D eigenvalue weighted by atomic mass is 9.71. The molecule has 1 aliphatic carbocycles. The minimum absolute atomic E-state index is 0.0295. The maximum Gasteiger partial charge on any atom is 0.408 e. The van der Waals surface area contributed by atoms with Gasteiger partial charge in [-0.3, -0.25) is 4.79 Å². The summed E-state index contributed by atoms with van der Waals surface area (Å²) in [7, 11) is 0. The Morgan fingerprint density at radius 1 is 0.946 bits per heavy atom. The Kier molecular flexibility index (Phi) is 6.10. The number of nitrogens with one attached hydrogen (secondary N) is 1. The Balaban J connectivity index is 1.59. The molecule has 0 aliphatic heterocycles. The molecule has 1 N–H and O–H groups in total. The van der Waals surface area contributed by atoms with Crippen LogP contribution in [0.1, 0.15) is 45.6 Å². The number of halogens is 2. The number of amides is 1. The summed E-state index contributed by atoms with van der Waals surface area (Å²) in [5, 5.41) is 2.99. The van der Waals surface area contributed by atoms with Gasteiger partial charge in [0.05, 0.1) is 16.5 Å². The predicted octanol–water partition coefficient (Wildman–Crippen LogP) is 7.31. The Labute approximate surface area is 213 Å². The highest BCUT2D eigenvalue weighted by Gasteiger charge is 2.41. The van der Waals surface area contributed by atoms with E-state index in [0.29, 0.717) is 11.1 Å². The molecule has 5 rings (SSSR count). The molecular weight excluding hydrogens is 476 g/mol. The van der Waals surface area contributed by atoms with Crippen LogP contribution in [0.25, 0.3) is 33.4 Å². The molecule has 1 aliphatic rings. The van der Waals surface area contributed by atoms with Crippen LogP contribution in [0.2, 0.25) is 0 Å². The second-order valence-electron chi connectivity index (χ2n) is 10.4. The summed E-state index contributed by atoms with van der Waals surface area (Å²) in [6, 6.07) is 18.1. The zero-order valence-electron chi connectivity index (χ0n) is 20.9. The summed E-state index contributed by atoms with van der Waals surface area (Å²) in [6.45, 7) is 5.44. The fraction of sp³-hybridized carbons (Fsp3) is 0.267. The Morgan fingerprint density at radius 2 is 1.59 bits per heavy atom. The summed E-state index contributed by atoms with van der Waals surface area (Å²) in [5.41, 5.74) is 0.695. The van der Waals surface area contributed by atoms with E-state index in [-0.39, 0.29) is 22.3 Å². The average Bonchev–Trinajstić information content (AvgIpc) is 2.82. The van der Waals surface area contributed by atoms with Crippen LogP contribution in [0, 0.1) is 11.6 Å². The van der Waals surface area contributed by atoms with Crippen molar-refractivity contribution in [3.8, 4) is 22.5 Å². The molecule has 5 nitrogen and oxygen atoms in total. The molecule has 1 amide bonds. The molecular formula is C30H27F2NO4. The quantitative estimate of drug-likeness (QED) is 0.317. The van der Waals surface area contributed by atoms with Gasteiger partial charge >= 0.3 is 6.09 Å². The van der Waals surface area contributed by atoms with Crippen molar-refractivity contribution < 1.29 is 22.7 Å². The van der Waals surface area contributed by atoms with E-state index in [2.05, 4.69) is 5.32 Å². The molecule has 0 saturated heterocycles. The van der Waals surface area contributed by atoms with Gasteiger partial charge in [0.15, 0.2) is 11.6 Å². The highest BCUT2D eigenvalue weighted by molar-refractivity contribution is 5.89. The summed E-state index contributed by atoms with van der Waals surface area (Å²) < 4.78 is 39.4. The van der Waals surface area contributed by atoms with Gasteiger partial charge in [-0.1, -0.05) is 54.6 Å². The third kappa shape index (κ3) is 4.73. The Bertz CT molecular complexity index is 1530. The maximum atomic E-state index is 14.0. The number of carbonyl (C=O) groups is 1. The molecule has 3 aromatic carbocycles. The highest BCUT2D eigenvalue weighted by atomic mass is 19.2. The van der Waals surface area contributed by atoms with E-state index in [1.807, 2.05) is 39.0 Å². The van der Waals surface area contributed by atoms with Crippen LogP contribution < -0.4 is 10.7 Å². The molecule has 0 atom stereocenters. The number of ether oxygens (including phenoxy) is 1. The highest BCUT2D eigenvalue weighted by Crippen LogP contribution is 2.42. The first-order valence-electron chi connectivity index (χ1n) is 12.2. The Hall–Kier alpha value is -4.00. The normalized spacial score (nSPS) is 14.7. The fourth-order valence-electron chi connectivity index (χ4n) is 4.72. The van der Waals surface area contributed by atoms with E-state index in [1.54, 1.807) is 36.4 Å². The van der Waals surface area contributed by atoms with E-state index in [0.717, 1.165) is 37.0 Å². The number of alkyl carbamates (subject to hydrolysis) is 1. The molecule has 37 heavy (non-hydrogen) atoms. The molecule has 0 spiro atoms.